The third-order valence-electron chi connectivity index (χ3n) is 8.88. The summed E-state index contributed by atoms with van der Waals surface area (Å²) >= 11 is 11.3. The zero-order valence-corrected chi connectivity index (χ0v) is 29.1. The van der Waals surface area contributed by atoms with Gasteiger partial charge in [0.15, 0.2) is 0 Å². The number of H-pyrrole nitrogens is 1. The van der Waals surface area contributed by atoms with Gasteiger partial charge in [-0.3, -0.25) is 14.4 Å². The predicted molar refractivity (Wildman–Crippen MR) is 187 cm³/mol. The molecule has 0 aliphatic carbocycles. The maximum absolute atomic E-state index is 15.1. The number of likely N-dealkylation sites (tertiary alicyclic amines) is 1. The number of nitrogens with zero attached hydrogens (tertiary/aromatic N) is 3. The van der Waals surface area contributed by atoms with Crippen LogP contribution in [-0.2, 0) is 20.9 Å². The Hall–Kier alpha value is -3.27. The highest BCUT2D eigenvalue weighted by Gasteiger charge is 2.60. The molecule has 2 unspecified atom stereocenters. The number of benzene rings is 3. The molecule has 3 heterocycles. The van der Waals surface area contributed by atoms with Crippen molar-refractivity contribution in [3.8, 4) is 0 Å². The number of carbonyl (C=O) groups is 3. The first kappa shape index (κ1) is 32.7. The number of fused-ring (bicyclic) bond motifs is 1. The molecule has 2 atom stereocenters. The van der Waals surface area contributed by atoms with Gasteiger partial charge in [-0.1, -0.05) is 76.8 Å². The molecule has 2 fully saturated rings. The summed E-state index contributed by atoms with van der Waals surface area (Å²) < 4.78 is -0.322. The van der Waals surface area contributed by atoms with E-state index in [-0.39, 0.29) is 17.7 Å². The number of aromatic nitrogens is 1. The lowest BCUT2D eigenvalue weighted by atomic mass is 9.90. The molecular formula is C36H37BrClN4O3S. The average Bonchev–Trinajstić information content (AvgIpc) is 3.58. The second-order valence-corrected chi connectivity index (χ2v) is 14.8. The first-order valence-corrected chi connectivity index (χ1v) is 17.7. The molecule has 4 aromatic rings. The van der Waals surface area contributed by atoms with E-state index in [1.54, 1.807) is 6.42 Å². The molecule has 239 valence electrons. The minimum atomic E-state index is -1.27. The van der Waals surface area contributed by atoms with E-state index in [9.17, 15) is 9.59 Å². The van der Waals surface area contributed by atoms with Gasteiger partial charge in [-0.25, -0.2) is 0 Å². The maximum Gasteiger partial charge on any atom is 0.242 e. The number of hydrogen-bond donors (Lipinski definition) is 1. The van der Waals surface area contributed by atoms with Gasteiger partial charge in [-0.15, -0.1) is 11.8 Å². The SMILES string of the molecule is CCCCC(=O)N1CCN(C(=O)C2(Sc3ccc(C)cc3)[CH]C(=O)N(Cc3ccc(Br)cc3)C2c2c[nH]c3cc(Cl)ccc23)CC1. The van der Waals surface area contributed by atoms with Crippen LogP contribution in [0.3, 0.4) is 0 Å². The van der Waals surface area contributed by atoms with Crippen LogP contribution in [0.25, 0.3) is 10.9 Å². The van der Waals surface area contributed by atoms with Gasteiger partial charge in [-0.2, -0.15) is 0 Å². The highest BCUT2D eigenvalue weighted by molar-refractivity contribution is 9.10. The van der Waals surface area contributed by atoms with Crippen LogP contribution in [0.1, 0.15) is 48.9 Å². The van der Waals surface area contributed by atoms with Crippen LogP contribution < -0.4 is 0 Å². The van der Waals surface area contributed by atoms with Gasteiger partial charge >= 0.3 is 0 Å². The summed E-state index contributed by atoms with van der Waals surface area (Å²) in [6.07, 6.45) is 5.89. The molecule has 0 spiro atoms. The fourth-order valence-electron chi connectivity index (χ4n) is 6.41. The summed E-state index contributed by atoms with van der Waals surface area (Å²) in [6.45, 7) is 6.22. The summed E-state index contributed by atoms with van der Waals surface area (Å²) in [4.78, 5) is 51.9. The molecule has 1 aromatic heterocycles. The molecular weight excluding hydrogens is 684 g/mol. The normalized spacial score (nSPS) is 20.1. The molecule has 6 rings (SSSR count). The fourth-order valence-corrected chi connectivity index (χ4v) is 8.25. The monoisotopic (exact) mass is 719 g/mol. The molecule has 2 saturated heterocycles. The Labute approximate surface area is 287 Å². The quantitative estimate of drug-likeness (QED) is 0.194. The minimum Gasteiger partial charge on any atom is -0.361 e. The summed E-state index contributed by atoms with van der Waals surface area (Å²) in [5.74, 6) is -0.187. The highest BCUT2D eigenvalue weighted by atomic mass is 79.9. The summed E-state index contributed by atoms with van der Waals surface area (Å²) in [7, 11) is 0. The van der Waals surface area contributed by atoms with Gasteiger partial charge in [0.2, 0.25) is 17.7 Å². The van der Waals surface area contributed by atoms with Crippen molar-refractivity contribution in [1.82, 2.24) is 19.7 Å². The summed E-state index contributed by atoms with van der Waals surface area (Å²) in [5, 5.41) is 1.51. The Balaban J connectivity index is 1.44. The minimum absolute atomic E-state index is 0.126. The molecule has 0 bridgehead atoms. The molecule has 2 aliphatic rings. The lowest BCUT2D eigenvalue weighted by Gasteiger charge is -2.42. The molecule has 0 saturated carbocycles. The van der Waals surface area contributed by atoms with Crippen LogP contribution >= 0.6 is 39.3 Å². The molecule has 3 aromatic carbocycles. The van der Waals surface area contributed by atoms with E-state index >= 15 is 4.79 Å². The average molecular weight is 721 g/mol. The Morgan fingerprint density at radius 3 is 2.39 bits per heavy atom. The smallest absolute Gasteiger partial charge is 0.242 e. The van der Waals surface area contributed by atoms with Crippen molar-refractivity contribution in [2.45, 2.75) is 55.3 Å². The number of piperazine rings is 1. The van der Waals surface area contributed by atoms with Crippen LogP contribution in [0.15, 0.2) is 82.3 Å². The van der Waals surface area contributed by atoms with Crippen LogP contribution in [0.2, 0.25) is 5.02 Å². The highest BCUT2D eigenvalue weighted by Crippen LogP contribution is 2.54. The number of thioether (sulfide) groups is 1. The number of rotatable bonds is 9. The first-order valence-electron chi connectivity index (χ1n) is 15.7. The van der Waals surface area contributed by atoms with Crippen molar-refractivity contribution in [1.29, 1.82) is 0 Å². The number of amides is 3. The van der Waals surface area contributed by atoms with Crippen molar-refractivity contribution in [2.24, 2.45) is 0 Å². The van der Waals surface area contributed by atoms with E-state index in [1.165, 1.54) is 11.8 Å². The van der Waals surface area contributed by atoms with Gasteiger partial charge in [0.05, 0.1) is 12.5 Å². The van der Waals surface area contributed by atoms with Crippen molar-refractivity contribution >= 4 is 67.9 Å². The Morgan fingerprint density at radius 1 is 1.00 bits per heavy atom. The lowest BCUT2D eigenvalue weighted by molar-refractivity contribution is -0.141. The zero-order chi connectivity index (χ0) is 32.4. The van der Waals surface area contributed by atoms with Crippen LogP contribution in [0.5, 0.6) is 0 Å². The molecule has 10 heteroatoms. The van der Waals surface area contributed by atoms with E-state index in [0.29, 0.717) is 44.2 Å². The van der Waals surface area contributed by atoms with Crippen LogP contribution in [0, 0.1) is 13.3 Å². The lowest BCUT2D eigenvalue weighted by Crippen LogP contribution is -2.57. The fraction of sp³-hybridized carbons (Fsp3) is 0.333. The van der Waals surface area contributed by atoms with Crippen LogP contribution in [-0.4, -0.2) is 68.3 Å². The van der Waals surface area contributed by atoms with Crippen molar-refractivity contribution in [2.75, 3.05) is 26.2 Å². The largest absolute Gasteiger partial charge is 0.361 e. The van der Waals surface area contributed by atoms with Gasteiger partial charge < -0.3 is 19.7 Å². The zero-order valence-electron chi connectivity index (χ0n) is 26.0. The number of aromatic amines is 1. The van der Waals surface area contributed by atoms with E-state index in [1.807, 2.05) is 94.6 Å². The number of nitrogens with one attached hydrogen (secondary N) is 1. The number of unbranched alkanes of at least 4 members (excludes halogenated alkanes) is 1. The number of carbonyl (C=O) groups excluding carboxylic acids is 3. The molecule has 2 aliphatic heterocycles. The van der Waals surface area contributed by atoms with E-state index < -0.39 is 10.8 Å². The number of aryl methyl sites for hydroxylation is 1. The standard InChI is InChI=1S/C36H37BrClN4O3S/c1-3-4-5-32(43)40-16-18-41(19-17-40)35(45)36(46-28-13-6-24(2)7-14-28)21-33(44)42(23-25-8-10-26(37)11-9-25)34(36)30-22-39-31-20-27(38)12-15-29(30)31/h6-15,20-22,34,39H,3-5,16-19,23H2,1-2H3. The number of hydrogen-bond acceptors (Lipinski definition) is 4. The summed E-state index contributed by atoms with van der Waals surface area (Å²) in [6, 6.07) is 21.0. The first-order chi connectivity index (χ1) is 22.2. The van der Waals surface area contributed by atoms with E-state index in [0.717, 1.165) is 49.8 Å². The molecule has 46 heavy (non-hydrogen) atoms. The topological polar surface area (TPSA) is 76.7 Å². The third kappa shape index (κ3) is 6.60. The molecule has 3 amide bonds. The van der Waals surface area contributed by atoms with Crippen molar-refractivity contribution in [3.05, 3.63) is 106 Å². The Morgan fingerprint density at radius 2 is 1.70 bits per heavy atom. The predicted octanol–water partition coefficient (Wildman–Crippen LogP) is 7.57. The maximum atomic E-state index is 15.1. The van der Waals surface area contributed by atoms with Crippen LogP contribution in [0.4, 0.5) is 0 Å². The van der Waals surface area contributed by atoms with Gasteiger partial charge in [-0.05, 0) is 55.3 Å². The second-order valence-electron chi connectivity index (χ2n) is 12.1. The molecule has 1 N–H and O–H groups in total. The van der Waals surface area contributed by atoms with E-state index in [4.69, 9.17) is 11.6 Å². The Kier molecular flexibility index (Phi) is 9.83. The molecule has 1 radical (unpaired) electrons. The number of halogens is 2. The third-order valence-corrected chi connectivity index (χ3v) is 11.0. The van der Waals surface area contributed by atoms with Gasteiger partial charge in [0.1, 0.15) is 4.75 Å². The Bertz CT molecular complexity index is 1740. The van der Waals surface area contributed by atoms with Gasteiger partial charge in [0, 0.05) is 76.2 Å². The van der Waals surface area contributed by atoms with Gasteiger partial charge in [0.25, 0.3) is 0 Å². The van der Waals surface area contributed by atoms with E-state index in [2.05, 4.69) is 27.8 Å². The van der Waals surface area contributed by atoms with Crippen molar-refractivity contribution in [3.63, 3.8) is 0 Å². The second kappa shape index (κ2) is 13.8. The molecule has 7 nitrogen and oxygen atoms in total. The van der Waals surface area contributed by atoms with Crippen molar-refractivity contribution < 1.29 is 14.4 Å². The summed E-state index contributed by atoms with van der Waals surface area (Å²) in [5.41, 5.74) is 3.76.